The first kappa shape index (κ1) is 9.21. The quantitative estimate of drug-likeness (QED) is 0.813. The molecular weight excluding hydrogens is 242 g/mol. The summed E-state index contributed by atoms with van der Waals surface area (Å²) in [7, 11) is 0. The maximum Gasteiger partial charge on any atom is 0.145 e. The average molecular weight is 249 g/mol. The molecule has 0 unspecified atom stereocenters. The Kier molecular flexibility index (Phi) is 2.79. The molecule has 1 aromatic heterocycles. The lowest BCUT2D eigenvalue weighted by atomic mass is 10.3. The van der Waals surface area contributed by atoms with E-state index in [0.717, 1.165) is 10.2 Å². The smallest absolute Gasteiger partial charge is 0.145 e. The van der Waals surface area contributed by atoms with Crippen LogP contribution in [0.15, 0.2) is 47.2 Å². The molecule has 0 aliphatic carbocycles. The zero-order chi connectivity index (χ0) is 9.80. The highest BCUT2D eigenvalue weighted by Crippen LogP contribution is 2.28. The third kappa shape index (κ3) is 2.12. The number of hydrogen-bond donors (Lipinski definition) is 0. The van der Waals surface area contributed by atoms with Gasteiger partial charge in [0.15, 0.2) is 0 Å². The number of ether oxygens (including phenoxy) is 1. The normalized spacial score (nSPS) is 9.79. The second-order valence-electron chi connectivity index (χ2n) is 2.65. The Bertz CT molecular complexity index is 417. The van der Waals surface area contributed by atoms with Gasteiger partial charge in [0.2, 0.25) is 0 Å². The van der Waals surface area contributed by atoms with Crippen molar-refractivity contribution in [3.63, 3.8) is 0 Å². The molecule has 2 aromatic rings. The van der Waals surface area contributed by atoms with Gasteiger partial charge in [-0.2, -0.15) is 0 Å². The molecule has 0 saturated heterocycles. The fraction of sp³-hybridized carbons (Fsp3) is 0. The standard InChI is InChI=1S/C11H7BrNO/c12-10-5-1-2-6-11(10)14-9-4-3-7-13-8-9/h1,3-8H. The summed E-state index contributed by atoms with van der Waals surface area (Å²) in [5, 5.41) is 0. The fourth-order valence-corrected chi connectivity index (χ4v) is 1.34. The van der Waals surface area contributed by atoms with Gasteiger partial charge < -0.3 is 4.74 Å². The first-order valence-corrected chi connectivity index (χ1v) is 4.89. The maximum absolute atomic E-state index is 5.57. The Morgan fingerprint density at radius 3 is 3.00 bits per heavy atom. The van der Waals surface area contributed by atoms with Crippen LogP contribution < -0.4 is 4.74 Å². The van der Waals surface area contributed by atoms with Gasteiger partial charge in [0.1, 0.15) is 11.5 Å². The Morgan fingerprint density at radius 2 is 2.29 bits per heavy atom. The molecule has 14 heavy (non-hydrogen) atoms. The van der Waals surface area contributed by atoms with Crippen molar-refractivity contribution >= 4 is 15.9 Å². The van der Waals surface area contributed by atoms with Gasteiger partial charge in [0.25, 0.3) is 0 Å². The molecule has 69 valence electrons. The van der Waals surface area contributed by atoms with E-state index in [4.69, 9.17) is 4.74 Å². The molecule has 1 aromatic carbocycles. The van der Waals surface area contributed by atoms with Gasteiger partial charge >= 0.3 is 0 Å². The Labute approximate surface area is 90.7 Å². The van der Waals surface area contributed by atoms with Crippen molar-refractivity contribution in [1.29, 1.82) is 0 Å². The van der Waals surface area contributed by atoms with Crippen LogP contribution in [-0.4, -0.2) is 4.98 Å². The van der Waals surface area contributed by atoms with Crippen LogP contribution in [0.25, 0.3) is 0 Å². The lowest BCUT2D eigenvalue weighted by molar-refractivity contribution is 0.477. The molecule has 1 heterocycles. The number of benzene rings is 1. The summed E-state index contributed by atoms with van der Waals surface area (Å²) >= 11 is 3.39. The van der Waals surface area contributed by atoms with Gasteiger partial charge in [-0.25, -0.2) is 0 Å². The molecule has 0 saturated carbocycles. The number of halogens is 1. The van der Waals surface area contributed by atoms with Gasteiger partial charge in [-0.3, -0.25) is 4.98 Å². The minimum absolute atomic E-state index is 0.716. The van der Waals surface area contributed by atoms with Gasteiger partial charge in [-0.15, -0.1) is 0 Å². The third-order valence-electron chi connectivity index (χ3n) is 1.64. The van der Waals surface area contributed by atoms with Gasteiger partial charge in [0, 0.05) is 6.20 Å². The van der Waals surface area contributed by atoms with Gasteiger partial charge in [0.05, 0.1) is 10.7 Å². The van der Waals surface area contributed by atoms with E-state index in [2.05, 4.69) is 27.0 Å². The molecule has 0 bridgehead atoms. The van der Waals surface area contributed by atoms with E-state index in [1.54, 1.807) is 18.5 Å². The molecular formula is C11H7BrNO. The van der Waals surface area contributed by atoms with Crippen LogP contribution in [0.2, 0.25) is 0 Å². The van der Waals surface area contributed by atoms with E-state index in [1.807, 2.05) is 24.3 Å². The topological polar surface area (TPSA) is 22.1 Å². The van der Waals surface area contributed by atoms with Crippen molar-refractivity contribution in [3.8, 4) is 11.5 Å². The molecule has 0 fully saturated rings. The van der Waals surface area contributed by atoms with E-state index in [0.29, 0.717) is 5.75 Å². The summed E-state index contributed by atoms with van der Waals surface area (Å²) in [4.78, 5) is 3.96. The highest BCUT2D eigenvalue weighted by molar-refractivity contribution is 9.10. The number of aromatic nitrogens is 1. The summed E-state index contributed by atoms with van der Waals surface area (Å²) in [6.45, 7) is 0. The van der Waals surface area contributed by atoms with Crippen molar-refractivity contribution < 1.29 is 4.74 Å². The summed E-state index contributed by atoms with van der Waals surface area (Å²) in [5.74, 6) is 1.45. The predicted octanol–water partition coefficient (Wildman–Crippen LogP) is 3.44. The Hall–Kier alpha value is -1.35. The number of pyridine rings is 1. The highest BCUT2D eigenvalue weighted by Gasteiger charge is 2.00. The monoisotopic (exact) mass is 248 g/mol. The first-order chi connectivity index (χ1) is 6.86. The SMILES string of the molecule is Brc1cc[c]cc1Oc1cccnc1. The van der Waals surface area contributed by atoms with E-state index in [1.165, 1.54) is 0 Å². The zero-order valence-electron chi connectivity index (χ0n) is 7.27. The third-order valence-corrected chi connectivity index (χ3v) is 2.29. The second-order valence-corrected chi connectivity index (χ2v) is 3.50. The maximum atomic E-state index is 5.57. The predicted molar refractivity (Wildman–Crippen MR) is 57.3 cm³/mol. The van der Waals surface area contributed by atoms with Crippen LogP contribution in [0.3, 0.4) is 0 Å². The number of hydrogen-bond acceptors (Lipinski definition) is 2. The molecule has 0 spiro atoms. The van der Waals surface area contributed by atoms with Gasteiger partial charge in [-0.1, -0.05) is 6.07 Å². The van der Waals surface area contributed by atoms with Crippen molar-refractivity contribution in [2.24, 2.45) is 0 Å². The molecule has 0 aliphatic rings. The number of rotatable bonds is 2. The van der Waals surface area contributed by atoms with E-state index < -0.39 is 0 Å². The summed E-state index contributed by atoms with van der Waals surface area (Å²) < 4.78 is 6.47. The van der Waals surface area contributed by atoms with Crippen molar-refractivity contribution in [3.05, 3.63) is 53.3 Å². The summed E-state index contributed by atoms with van der Waals surface area (Å²) in [5.41, 5.74) is 0. The zero-order valence-corrected chi connectivity index (χ0v) is 8.86. The van der Waals surface area contributed by atoms with E-state index in [-0.39, 0.29) is 0 Å². The number of nitrogens with zero attached hydrogens (tertiary/aromatic N) is 1. The van der Waals surface area contributed by atoms with Crippen LogP contribution >= 0.6 is 15.9 Å². The lowest BCUT2D eigenvalue weighted by Gasteiger charge is -2.05. The average Bonchev–Trinajstić information content (AvgIpc) is 2.23. The first-order valence-electron chi connectivity index (χ1n) is 4.10. The minimum Gasteiger partial charge on any atom is -0.455 e. The van der Waals surface area contributed by atoms with Crippen LogP contribution in [0.4, 0.5) is 0 Å². The van der Waals surface area contributed by atoms with E-state index in [9.17, 15) is 0 Å². The molecule has 2 rings (SSSR count). The minimum atomic E-state index is 0.716. The van der Waals surface area contributed by atoms with Crippen LogP contribution in [0, 0.1) is 6.07 Å². The fourth-order valence-electron chi connectivity index (χ4n) is 1.01. The van der Waals surface area contributed by atoms with Crippen molar-refractivity contribution in [2.75, 3.05) is 0 Å². The van der Waals surface area contributed by atoms with Crippen LogP contribution in [-0.2, 0) is 0 Å². The van der Waals surface area contributed by atoms with Crippen LogP contribution in [0.5, 0.6) is 11.5 Å². The molecule has 3 heteroatoms. The van der Waals surface area contributed by atoms with Gasteiger partial charge in [-0.05, 0) is 46.3 Å². The Morgan fingerprint density at radius 1 is 1.36 bits per heavy atom. The lowest BCUT2D eigenvalue weighted by Crippen LogP contribution is -1.85. The van der Waals surface area contributed by atoms with Crippen LogP contribution in [0.1, 0.15) is 0 Å². The van der Waals surface area contributed by atoms with E-state index >= 15 is 0 Å². The largest absolute Gasteiger partial charge is 0.455 e. The Balaban J connectivity index is 2.24. The molecule has 0 N–H and O–H groups in total. The summed E-state index contributed by atoms with van der Waals surface area (Å²) in [6.07, 6.45) is 3.37. The highest BCUT2D eigenvalue weighted by atomic mass is 79.9. The van der Waals surface area contributed by atoms with Crippen molar-refractivity contribution in [2.45, 2.75) is 0 Å². The molecule has 1 radical (unpaired) electrons. The molecule has 0 amide bonds. The summed E-state index contributed by atoms with van der Waals surface area (Å²) in [6, 6.07) is 12.1. The van der Waals surface area contributed by atoms with Crippen molar-refractivity contribution in [1.82, 2.24) is 4.98 Å². The molecule has 2 nitrogen and oxygen atoms in total. The molecule has 0 aliphatic heterocycles. The molecule has 0 atom stereocenters. The second kappa shape index (κ2) is 4.24.